The number of aryl methyl sites for hydroxylation is 1. The van der Waals surface area contributed by atoms with Crippen LogP contribution in [-0.4, -0.2) is 21.7 Å². The molecule has 1 aliphatic rings. The molecule has 5 heteroatoms. The number of ether oxygens (including phenoxy) is 1. The highest BCUT2D eigenvalue weighted by Crippen LogP contribution is 2.37. The number of aromatic nitrogens is 2. The van der Waals surface area contributed by atoms with E-state index in [1.807, 2.05) is 26.0 Å². The Morgan fingerprint density at radius 1 is 1.50 bits per heavy atom. The molecule has 0 bridgehead atoms. The number of carbonyl (C=O) groups is 1. The van der Waals surface area contributed by atoms with Crippen LogP contribution in [0.5, 0.6) is 5.75 Å². The van der Waals surface area contributed by atoms with Crippen molar-refractivity contribution in [2.24, 2.45) is 0 Å². The smallest absolute Gasteiger partial charge is 0.241 e. The van der Waals surface area contributed by atoms with Crippen molar-refractivity contribution in [3.05, 3.63) is 35.5 Å². The van der Waals surface area contributed by atoms with Crippen LogP contribution in [0.15, 0.2) is 24.4 Å². The second kappa shape index (κ2) is 5.83. The van der Waals surface area contributed by atoms with E-state index in [4.69, 9.17) is 4.74 Å². The summed E-state index contributed by atoms with van der Waals surface area (Å²) in [6.45, 7) is 6.83. The summed E-state index contributed by atoms with van der Waals surface area (Å²) in [7, 11) is 0. The van der Waals surface area contributed by atoms with Crippen molar-refractivity contribution in [3.63, 3.8) is 0 Å². The highest BCUT2D eigenvalue weighted by atomic mass is 16.5. The van der Waals surface area contributed by atoms with Crippen molar-refractivity contribution in [2.75, 3.05) is 0 Å². The lowest BCUT2D eigenvalue weighted by Crippen LogP contribution is -2.35. The molecule has 3 rings (SSSR count). The Hall–Kier alpha value is -2.30. The molecule has 1 aromatic heterocycles. The summed E-state index contributed by atoms with van der Waals surface area (Å²) in [6, 6.07) is 6.26. The summed E-state index contributed by atoms with van der Waals surface area (Å²) >= 11 is 0. The molecular weight excluding hydrogens is 278 g/mol. The Kier molecular flexibility index (Phi) is 3.88. The molecule has 1 amide bonds. The molecule has 1 N–H and O–H groups in total. The maximum absolute atomic E-state index is 12.1. The van der Waals surface area contributed by atoms with Crippen molar-refractivity contribution in [3.8, 4) is 17.0 Å². The molecule has 1 atom stereocenters. The zero-order valence-corrected chi connectivity index (χ0v) is 13.2. The van der Waals surface area contributed by atoms with Gasteiger partial charge in [0.25, 0.3) is 0 Å². The second-order valence-electron chi connectivity index (χ2n) is 5.84. The molecule has 0 aliphatic carbocycles. The summed E-state index contributed by atoms with van der Waals surface area (Å²) in [5.41, 5.74) is 4.18. The van der Waals surface area contributed by atoms with Gasteiger partial charge in [0.1, 0.15) is 18.9 Å². The topological polar surface area (TPSA) is 56.2 Å². The van der Waals surface area contributed by atoms with E-state index < -0.39 is 0 Å². The largest absolute Gasteiger partial charge is 0.488 e. The predicted molar refractivity (Wildman–Crippen MR) is 84.6 cm³/mol. The third kappa shape index (κ3) is 2.71. The first kappa shape index (κ1) is 14.6. The van der Waals surface area contributed by atoms with Gasteiger partial charge in [0.05, 0.1) is 11.9 Å². The molecule has 5 nitrogen and oxygen atoms in total. The third-order valence-corrected chi connectivity index (χ3v) is 4.00. The SMILES string of the molecule is CCC(C)NC(=O)Cn1ncc2c1-c1cc(C)ccc1OC2. The Bertz CT molecular complexity index is 706. The fourth-order valence-electron chi connectivity index (χ4n) is 2.63. The third-order valence-electron chi connectivity index (χ3n) is 4.00. The van der Waals surface area contributed by atoms with Gasteiger partial charge in [0, 0.05) is 17.2 Å². The quantitative estimate of drug-likeness (QED) is 0.944. The van der Waals surface area contributed by atoms with Gasteiger partial charge in [-0.05, 0) is 32.4 Å². The molecule has 1 aromatic carbocycles. The van der Waals surface area contributed by atoms with Crippen LogP contribution in [0, 0.1) is 6.92 Å². The fraction of sp³-hybridized carbons (Fsp3) is 0.412. The molecule has 0 spiro atoms. The zero-order chi connectivity index (χ0) is 15.7. The molecule has 0 saturated carbocycles. The van der Waals surface area contributed by atoms with E-state index in [1.54, 1.807) is 10.9 Å². The van der Waals surface area contributed by atoms with E-state index in [2.05, 4.69) is 23.4 Å². The maximum atomic E-state index is 12.1. The molecule has 22 heavy (non-hydrogen) atoms. The van der Waals surface area contributed by atoms with Gasteiger partial charge < -0.3 is 10.1 Å². The van der Waals surface area contributed by atoms with Gasteiger partial charge in [-0.2, -0.15) is 5.10 Å². The summed E-state index contributed by atoms with van der Waals surface area (Å²) in [6.07, 6.45) is 2.70. The Morgan fingerprint density at radius 2 is 2.32 bits per heavy atom. The van der Waals surface area contributed by atoms with Gasteiger partial charge in [-0.15, -0.1) is 0 Å². The van der Waals surface area contributed by atoms with Gasteiger partial charge >= 0.3 is 0 Å². The highest BCUT2D eigenvalue weighted by molar-refractivity contribution is 5.78. The Balaban J connectivity index is 1.91. The fourth-order valence-corrected chi connectivity index (χ4v) is 2.63. The molecule has 2 heterocycles. The first-order valence-electron chi connectivity index (χ1n) is 7.66. The standard InChI is InChI=1S/C17H21N3O2/c1-4-12(3)19-16(21)9-20-17-13(8-18-20)10-22-15-6-5-11(2)7-14(15)17/h5-8,12H,4,9-10H2,1-3H3,(H,19,21). The number of fused-ring (bicyclic) bond motifs is 3. The minimum Gasteiger partial charge on any atom is -0.488 e. The number of hydrogen-bond donors (Lipinski definition) is 1. The van der Waals surface area contributed by atoms with E-state index in [1.165, 1.54) is 0 Å². The summed E-state index contributed by atoms with van der Waals surface area (Å²) in [4.78, 5) is 12.1. The summed E-state index contributed by atoms with van der Waals surface area (Å²) in [5.74, 6) is 0.836. The molecule has 2 aromatic rings. The Morgan fingerprint density at radius 3 is 3.09 bits per heavy atom. The average molecular weight is 299 g/mol. The number of carbonyl (C=O) groups excluding carboxylic acids is 1. The van der Waals surface area contributed by atoms with E-state index in [9.17, 15) is 4.79 Å². The van der Waals surface area contributed by atoms with Crippen LogP contribution in [0.25, 0.3) is 11.3 Å². The molecular formula is C17H21N3O2. The van der Waals surface area contributed by atoms with Crippen molar-refractivity contribution < 1.29 is 9.53 Å². The van der Waals surface area contributed by atoms with Crippen LogP contribution in [0.1, 0.15) is 31.4 Å². The van der Waals surface area contributed by atoms with Gasteiger partial charge in [0.15, 0.2) is 0 Å². The first-order valence-corrected chi connectivity index (χ1v) is 7.66. The normalized spacial score (nSPS) is 13.8. The van der Waals surface area contributed by atoms with Gasteiger partial charge in [-0.3, -0.25) is 9.48 Å². The summed E-state index contributed by atoms with van der Waals surface area (Å²) in [5, 5.41) is 7.35. The lowest BCUT2D eigenvalue weighted by Gasteiger charge is -2.20. The maximum Gasteiger partial charge on any atom is 0.241 e. The minimum atomic E-state index is -0.0130. The number of hydrogen-bond acceptors (Lipinski definition) is 3. The van der Waals surface area contributed by atoms with Crippen LogP contribution in [-0.2, 0) is 17.9 Å². The first-order chi connectivity index (χ1) is 10.6. The molecule has 0 saturated heterocycles. The Labute approximate surface area is 130 Å². The number of benzene rings is 1. The predicted octanol–water partition coefficient (Wildman–Crippen LogP) is 2.67. The molecule has 1 unspecified atom stereocenters. The van der Waals surface area contributed by atoms with Gasteiger partial charge in [-0.25, -0.2) is 0 Å². The van der Waals surface area contributed by atoms with E-state index in [-0.39, 0.29) is 18.5 Å². The van der Waals surface area contributed by atoms with E-state index in [0.29, 0.717) is 6.61 Å². The van der Waals surface area contributed by atoms with Crippen LogP contribution in [0.4, 0.5) is 0 Å². The lowest BCUT2D eigenvalue weighted by atomic mass is 10.0. The molecule has 1 aliphatic heterocycles. The van der Waals surface area contributed by atoms with E-state index >= 15 is 0 Å². The van der Waals surface area contributed by atoms with E-state index in [0.717, 1.165) is 34.6 Å². The monoisotopic (exact) mass is 299 g/mol. The number of nitrogens with zero attached hydrogens (tertiary/aromatic N) is 2. The van der Waals surface area contributed by atoms with Crippen LogP contribution < -0.4 is 10.1 Å². The minimum absolute atomic E-state index is 0.0130. The van der Waals surface area contributed by atoms with Crippen LogP contribution in [0.3, 0.4) is 0 Å². The number of amides is 1. The number of nitrogens with one attached hydrogen (secondary N) is 1. The lowest BCUT2D eigenvalue weighted by molar-refractivity contribution is -0.122. The van der Waals surface area contributed by atoms with Crippen LogP contribution in [0.2, 0.25) is 0 Å². The zero-order valence-electron chi connectivity index (χ0n) is 13.2. The van der Waals surface area contributed by atoms with Gasteiger partial charge in [0.2, 0.25) is 5.91 Å². The number of rotatable bonds is 4. The van der Waals surface area contributed by atoms with Crippen molar-refractivity contribution >= 4 is 5.91 Å². The second-order valence-corrected chi connectivity index (χ2v) is 5.84. The summed E-state index contributed by atoms with van der Waals surface area (Å²) < 4.78 is 7.52. The molecule has 0 radical (unpaired) electrons. The van der Waals surface area contributed by atoms with Crippen molar-refractivity contribution in [1.29, 1.82) is 0 Å². The highest BCUT2D eigenvalue weighted by Gasteiger charge is 2.23. The van der Waals surface area contributed by atoms with Crippen molar-refractivity contribution in [2.45, 2.75) is 46.4 Å². The molecule has 116 valence electrons. The van der Waals surface area contributed by atoms with Crippen LogP contribution >= 0.6 is 0 Å². The average Bonchev–Trinajstić information content (AvgIpc) is 2.90. The van der Waals surface area contributed by atoms with Crippen molar-refractivity contribution in [1.82, 2.24) is 15.1 Å². The molecule has 0 fully saturated rings. The van der Waals surface area contributed by atoms with Gasteiger partial charge in [-0.1, -0.05) is 18.6 Å².